The first-order valence-corrected chi connectivity index (χ1v) is 8.30. The second-order valence-corrected chi connectivity index (χ2v) is 6.31. The van der Waals surface area contributed by atoms with Gasteiger partial charge in [0.15, 0.2) is 0 Å². The van der Waals surface area contributed by atoms with E-state index in [1.54, 1.807) is 7.11 Å². The lowest BCUT2D eigenvalue weighted by Crippen LogP contribution is -2.38. The van der Waals surface area contributed by atoms with E-state index in [-0.39, 0.29) is 11.8 Å². The van der Waals surface area contributed by atoms with Gasteiger partial charge in [-0.15, -0.1) is 0 Å². The fourth-order valence-electron chi connectivity index (χ4n) is 3.55. The first-order chi connectivity index (χ1) is 10.8. The van der Waals surface area contributed by atoms with E-state index in [2.05, 4.69) is 17.4 Å². The van der Waals surface area contributed by atoms with Crippen molar-refractivity contribution in [3.63, 3.8) is 0 Å². The van der Waals surface area contributed by atoms with Crippen molar-refractivity contribution in [3.05, 3.63) is 29.3 Å². The molecule has 1 fully saturated rings. The van der Waals surface area contributed by atoms with E-state index < -0.39 is 0 Å². The minimum absolute atomic E-state index is 0.0349. The quantitative estimate of drug-likeness (QED) is 0.930. The zero-order chi connectivity index (χ0) is 15.4. The number of benzene rings is 1. The minimum atomic E-state index is 0.0349. The van der Waals surface area contributed by atoms with Crippen molar-refractivity contribution in [2.24, 2.45) is 5.92 Å². The van der Waals surface area contributed by atoms with Crippen LogP contribution in [0.15, 0.2) is 18.2 Å². The molecule has 4 heteroatoms. The van der Waals surface area contributed by atoms with Gasteiger partial charge in [-0.25, -0.2) is 0 Å². The van der Waals surface area contributed by atoms with E-state index in [1.165, 1.54) is 17.5 Å². The molecule has 3 rings (SSSR count). The molecule has 1 heterocycles. The number of rotatable bonds is 4. The van der Waals surface area contributed by atoms with Crippen molar-refractivity contribution in [2.45, 2.75) is 38.0 Å². The van der Waals surface area contributed by atoms with Gasteiger partial charge in [0.25, 0.3) is 0 Å². The largest absolute Gasteiger partial charge is 0.497 e. The number of carbonyl (C=O) groups is 1. The van der Waals surface area contributed by atoms with Gasteiger partial charge in [-0.05, 0) is 55.4 Å². The van der Waals surface area contributed by atoms with Gasteiger partial charge in [-0.1, -0.05) is 6.07 Å². The molecule has 1 aliphatic carbocycles. The highest BCUT2D eigenvalue weighted by Crippen LogP contribution is 2.33. The zero-order valence-corrected chi connectivity index (χ0v) is 13.3. The van der Waals surface area contributed by atoms with E-state index in [4.69, 9.17) is 9.47 Å². The van der Waals surface area contributed by atoms with E-state index in [0.717, 1.165) is 44.6 Å². The Hall–Kier alpha value is -1.55. The molecule has 1 aliphatic heterocycles. The summed E-state index contributed by atoms with van der Waals surface area (Å²) in [6, 6.07) is 6.32. The van der Waals surface area contributed by atoms with Crippen LogP contribution in [0.3, 0.4) is 0 Å². The van der Waals surface area contributed by atoms with Gasteiger partial charge in [0.2, 0.25) is 5.91 Å². The highest BCUT2D eigenvalue weighted by Gasteiger charge is 2.25. The highest BCUT2D eigenvalue weighted by molar-refractivity contribution is 5.78. The third-order valence-electron chi connectivity index (χ3n) is 4.84. The molecule has 0 bridgehead atoms. The Morgan fingerprint density at radius 3 is 3.05 bits per heavy atom. The van der Waals surface area contributed by atoms with Gasteiger partial charge >= 0.3 is 0 Å². The maximum absolute atomic E-state index is 12.2. The lowest BCUT2D eigenvalue weighted by atomic mass is 9.82. The predicted octanol–water partition coefficient (Wildman–Crippen LogP) is 2.66. The van der Waals surface area contributed by atoms with Crippen molar-refractivity contribution in [2.75, 3.05) is 26.9 Å². The molecule has 1 N–H and O–H groups in total. The van der Waals surface area contributed by atoms with Gasteiger partial charge in [0.05, 0.1) is 19.6 Å². The molecule has 0 spiro atoms. The van der Waals surface area contributed by atoms with Crippen LogP contribution in [0.4, 0.5) is 0 Å². The number of amides is 1. The molecule has 120 valence electrons. The average Bonchev–Trinajstić information content (AvgIpc) is 2.59. The van der Waals surface area contributed by atoms with Crippen LogP contribution in [0.1, 0.15) is 42.7 Å². The molecule has 2 unspecified atom stereocenters. The summed E-state index contributed by atoms with van der Waals surface area (Å²) in [5.74, 6) is 1.53. The Bertz CT molecular complexity index is 523. The van der Waals surface area contributed by atoms with Gasteiger partial charge in [0, 0.05) is 19.1 Å². The van der Waals surface area contributed by atoms with Gasteiger partial charge in [0.1, 0.15) is 5.75 Å². The molecule has 1 aromatic carbocycles. The van der Waals surface area contributed by atoms with Crippen LogP contribution in [0, 0.1) is 5.92 Å². The molecule has 0 aromatic heterocycles. The van der Waals surface area contributed by atoms with Gasteiger partial charge < -0.3 is 14.8 Å². The Morgan fingerprint density at radius 2 is 2.27 bits per heavy atom. The summed E-state index contributed by atoms with van der Waals surface area (Å²) in [4.78, 5) is 12.2. The summed E-state index contributed by atoms with van der Waals surface area (Å²) in [7, 11) is 1.70. The maximum Gasteiger partial charge on any atom is 0.225 e. The van der Waals surface area contributed by atoms with Crippen molar-refractivity contribution < 1.29 is 14.3 Å². The summed E-state index contributed by atoms with van der Waals surface area (Å²) < 4.78 is 10.7. The molecule has 1 aromatic rings. The summed E-state index contributed by atoms with van der Waals surface area (Å²) in [5, 5.41) is 3.14. The fraction of sp³-hybridized carbons (Fsp3) is 0.611. The van der Waals surface area contributed by atoms with Crippen LogP contribution in [0.25, 0.3) is 0 Å². The third-order valence-corrected chi connectivity index (χ3v) is 4.84. The molecule has 0 saturated carbocycles. The SMILES string of the molecule is COc1ccc2c(c1)CCCC2CNC(=O)C1CCCOC1. The molecule has 0 radical (unpaired) electrons. The van der Waals surface area contributed by atoms with E-state index in [9.17, 15) is 4.79 Å². The summed E-state index contributed by atoms with van der Waals surface area (Å²) in [6.45, 7) is 2.10. The predicted molar refractivity (Wildman–Crippen MR) is 85.2 cm³/mol. The molecule has 1 saturated heterocycles. The van der Waals surface area contributed by atoms with Gasteiger partial charge in [-0.3, -0.25) is 4.79 Å². The van der Waals surface area contributed by atoms with Crippen molar-refractivity contribution >= 4 is 5.91 Å². The number of methoxy groups -OCH3 is 1. The number of ether oxygens (including phenoxy) is 2. The molecule has 2 aliphatic rings. The molecule has 1 amide bonds. The van der Waals surface area contributed by atoms with Crippen LogP contribution in [0.5, 0.6) is 5.75 Å². The van der Waals surface area contributed by atoms with E-state index in [0.29, 0.717) is 12.5 Å². The number of fused-ring (bicyclic) bond motifs is 1. The lowest BCUT2D eigenvalue weighted by Gasteiger charge is -2.27. The Balaban J connectivity index is 1.61. The number of hydrogen-bond donors (Lipinski definition) is 1. The van der Waals surface area contributed by atoms with Crippen LogP contribution < -0.4 is 10.1 Å². The maximum atomic E-state index is 12.2. The molecule has 2 atom stereocenters. The normalized spacial score (nSPS) is 24.4. The molecular formula is C18H25NO3. The summed E-state index contributed by atoms with van der Waals surface area (Å²) >= 11 is 0. The monoisotopic (exact) mass is 303 g/mol. The van der Waals surface area contributed by atoms with E-state index in [1.807, 2.05) is 6.07 Å². The zero-order valence-electron chi connectivity index (χ0n) is 13.3. The van der Waals surface area contributed by atoms with Crippen LogP contribution >= 0.6 is 0 Å². The molecule has 22 heavy (non-hydrogen) atoms. The smallest absolute Gasteiger partial charge is 0.225 e. The van der Waals surface area contributed by atoms with Crippen molar-refractivity contribution in [3.8, 4) is 5.75 Å². The average molecular weight is 303 g/mol. The van der Waals surface area contributed by atoms with Crippen molar-refractivity contribution in [1.29, 1.82) is 0 Å². The second-order valence-electron chi connectivity index (χ2n) is 6.31. The standard InChI is InChI=1S/C18H25NO3/c1-21-16-7-8-17-13(10-16)4-2-5-14(17)11-19-18(20)15-6-3-9-22-12-15/h7-8,10,14-15H,2-6,9,11-12H2,1H3,(H,19,20). The third kappa shape index (κ3) is 3.43. The number of nitrogens with one attached hydrogen (secondary N) is 1. The number of hydrogen-bond acceptors (Lipinski definition) is 3. The minimum Gasteiger partial charge on any atom is -0.497 e. The first-order valence-electron chi connectivity index (χ1n) is 8.30. The van der Waals surface area contributed by atoms with Gasteiger partial charge in [-0.2, -0.15) is 0 Å². The Kier molecular flexibility index (Phi) is 4.98. The van der Waals surface area contributed by atoms with Crippen LogP contribution in [-0.2, 0) is 16.0 Å². The Labute approximate surface area is 132 Å². The second kappa shape index (κ2) is 7.14. The molecular weight excluding hydrogens is 278 g/mol. The fourth-order valence-corrected chi connectivity index (χ4v) is 3.55. The number of aryl methyl sites for hydroxylation is 1. The van der Waals surface area contributed by atoms with Crippen LogP contribution in [0.2, 0.25) is 0 Å². The van der Waals surface area contributed by atoms with Crippen LogP contribution in [-0.4, -0.2) is 32.8 Å². The van der Waals surface area contributed by atoms with Crippen molar-refractivity contribution in [1.82, 2.24) is 5.32 Å². The number of carbonyl (C=O) groups excluding carboxylic acids is 1. The molecule has 4 nitrogen and oxygen atoms in total. The Morgan fingerprint density at radius 1 is 1.36 bits per heavy atom. The lowest BCUT2D eigenvalue weighted by molar-refractivity contribution is -0.129. The first kappa shape index (κ1) is 15.3. The topological polar surface area (TPSA) is 47.6 Å². The highest BCUT2D eigenvalue weighted by atomic mass is 16.5. The van der Waals surface area contributed by atoms with E-state index >= 15 is 0 Å². The summed E-state index contributed by atoms with van der Waals surface area (Å²) in [6.07, 6.45) is 5.36. The summed E-state index contributed by atoms with van der Waals surface area (Å²) in [5.41, 5.74) is 2.73.